The van der Waals surface area contributed by atoms with Gasteiger partial charge in [-0.05, 0) is 0 Å². The summed E-state index contributed by atoms with van der Waals surface area (Å²) in [4.78, 5) is 21.8. The zero-order valence-electron chi connectivity index (χ0n) is 10.2. The van der Waals surface area contributed by atoms with Gasteiger partial charge in [0.15, 0.2) is 5.69 Å². The predicted octanol–water partition coefficient (Wildman–Crippen LogP) is -1.75. The van der Waals surface area contributed by atoms with Gasteiger partial charge in [-0.25, -0.2) is 9.48 Å². The van der Waals surface area contributed by atoms with Gasteiger partial charge in [0, 0.05) is 19.6 Å². The van der Waals surface area contributed by atoms with Crippen LogP contribution in [0.1, 0.15) is 16.5 Å². The molecule has 1 aliphatic rings. The van der Waals surface area contributed by atoms with Crippen LogP contribution >= 0.6 is 0 Å². The molecule has 19 heavy (non-hydrogen) atoms. The van der Waals surface area contributed by atoms with E-state index in [0.717, 1.165) is 13.1 Å². The Hall–Kier alpha value is -2.00. The van der Waals surface area contributed by atoms with Crippen LogP contribution in [0.25, 0.3) is 0 Å². The van der Waals surface area contributed by atoms with Crippen molar-refractivity contribution in [2.45, 2.75) is 6.04 Å². The minimum Gasteiger partial charge on any atom is -0.480 e. The number of aromatic nitrogens is 3. The molecular weight excluding hydrogens is 254 g/mol. The van der Waals surface area contributed by atoms with Gasteiger partial charge in [0.2, 0.25) is 0 Å². The third-order valence-electron chi connectivity index (χ3n) is 2.63. The molecule has 9 heteroatoms. The standard InChI is InChI=1S/C10H15N5O4/c16-9(17)6-19-2-1-12-10(18)8-5-15(14-13-8)7-3-11-4-7/h5,7,11H,1-4,6H2,(H,12,18)(H,16,17). The molecule has 0 unspecified atom stereocenters. The highest BCUT2D eigenvalue weighted by Gasteiger charge is 2.21. The molecule has 2 heterocycles. The smallest absolute Gasteiger partial charge is 0.329 e. The molecule has 1 fully saturated rings. The molecule has 9 nitrogen and oxygen atoms in total. The van der Waals surface area contributed by atoms with Crippen LogP contribution in [0.5, 0.6) is 0 Å². The fraction of sp³-hybridized carbons (Fsp3) is 0.600. The van der Waals surface area contributed by atoms with Crippen molar-refractivity contribution in [1.82, 2.24) is 25.6 Å². The Labute approximate surface area is 108 Å². The Morgan fingerprint density at radius 1 is 1.58 bits per heavy atom. The number of hydrogen-bond acceptors (Lipinski definition) is 6. The molecule has 3 N–H and O–H groups in total. The molecule has 1 aromatic rings. The van der Waals surface area contributed by atoms with Crippen LogP contribution in [0, 0.1) is 0 Å². The molecule has 0 spiro atoms. The van der Waals surface area contributed by atoms with Crippen molar-refractivity contribution in [2.24, 2.45) is 0 Å². The maximum absolute atomic E-state index is 11.7. The van der Waals surface area contributed by atoms with Crippen molar-refractivity contribution in [1.29, 1.82) is 0 Å². The van der Waals surface area contributed by atoms with Crippen molar-refractivity contribution in [3.8, 4) is 0 Å². The first-order chi connectivity index (χ1) is 9.16. The Morgan fingerprint density at radius 2 is 2.37 bits per heavy atom. The molecule has 0 bridgehead atoms. The van der Waals surface area contributed by atoms with Gasteiger partial charge in [0.25, 0.3) is 5.91 Å². The molecule has 0 radical (unpaired) electrons. The van der Waals surface area contributed by atoms with Crippen LogP contribution in [0.15, 0.2) is 6.20 Å². The molecule has 1 saturated heterocycles. The van der Waals surface area contributed by atoms with E-state index in [1.54, 1.807) is 10.9 Å². The molecular formula is C10H15N5O4. The van der Waals surface area contributed by atoms with Crippen LogP contribution in [0.3, 0.4) is 0 Å². The lowest BCUT2D eigenvalue weighted by Gasteiger charge is -2.26. The Morgan fingerprint density at radius 3 is 3.00 bits per heavy atom. The number of rotatable bonds is 7. The van der Waals surface area contributed by atoms with Crippen molar-refractivity contribution in [3.63, 3.8) is 0 Å². The average molecular weight is 269 g/mol. The van der Waals surface area contributed by atoms with Crippen LogP contribution in [-0.4, -0.2) is 64.8 Å². The van der Waals surface area contributed by atoms with Gasteiger partial charge in [-0.15, -0.1) is 5.10 Å². The lowest BCUT2D eigenvalue weighted by molar-refractivity contribution is -0.142. The average Bonchev–Trinajstić information content (AvgIpc) is 2.75. The summed E-state index contributed by atoms with van der Waals surface area (Å²) in [6.45, 7) is 1.64. The van der Waals surface area contributed by atoms with Crippen molar-refractivity contribution >= 4 is 11.9 Å². The zero-order chi connectivity index (χ0) is 13.7. The fourth-order valence-electron chi connectivity index (χ4n) is 1.51. The Kier molecular flexibility index (Phi) is 4.42. The fourth-order valence-corrected chi connectivity index (χ4v) is 1.51. The monoisotopic (exact) mass is 269 g/mol. The van der Waals surface area contributed by atoms with Gasteiger partial charge >= 0.3 is 5.97 Å². The van der Waals surface area contributed by atoms with Gasteiger partial charge in [0.05, 0.1) is 18.8 Å². The molecule has 0 saturated carbocycles. The number of aliphatic carboxylic acids is 1. The molecule has 0 aromatic carbocycles. The second kappa shape index (κ2) is 6.25. The SMILES string of the molecule is O=C(O)COCCNC(=O)c1cn(C2CNC2)nn1. The van der Waals surface area contributed by atoms with Crippen LogP contribution < -0.4 is 10.6 Å². The summed E-state index contributed by atoms with van der Waals surface area (Å²) in [6, 6.07) is 0.257. The minimum atomic E-state index is -1.04. The van der Waals surface area contributed by atoms with Crippen LogP contribution in [-0.2, 0) is 9.53 Å². The number of hydrogen-bond donors (Lipinski definition) is 3. The maximum Gasteiger partial charge on any atom is 0.329 e. The number of carboxylic acids is 1. The lowest BCUT2D eigenvalue weighted by Crippen LogP contribution is -2.43. The van der Waals surface area contributed by atoms with E-state index in [2.05, 4.69) is 20.9 Å². The normalized spacial score (nSPS) is 14.9. The van der Waals surface area contributed by atoms with Crippen LogP contribution in [0.4, 0.5) is 0 Å². The summed E-state index contributed by atoms with van der Waals surface area (Å²) < 4.78 is 6.45. The summed E-state index contributed by atoms with van der Waals surface area (Å²) in [5.74, 6) is -1.39. The topological polar surface area (TPSA) is 118 Å². The second-order valence-corrected chi connectivity index (χ2v) is 4.10. The first-order valence-corrected chi connectivity index (χ1v) is 5.87. The highest BCUT2D eigenvalue weighted by atomic mass is 16.5. The first kappa shape index (κ1) is 13.4. The number of nitrogens with zero attached hydrogens (tertiary/aromatic N) is 3. The largest absolute Gasteiger partial charge is 0.480 e. The lowest BCUT2D eigenvalue weighted by atomic mass is 10.2. The number of nitrogens with one attached hydrogen (secondary N) is 2. The second-order valence-electron chi connectivity index (χ2n) is 4.10. The molecule has 1 aromatic heterocycles. The number of carbonyl (C=O) groups excluding carboxylic acids is 1. The van der Waals surface area contributed by atoms with Crippen molar-refractivity contribution < 1.29 is 19.4 Å². The van der Waals surface area contributed by atoms with E-state index in [1.165, 1.54) is 0 Å². The van der Waals surface area contributed by atoms with Crippen molar-refractivity contribution in [2.75, 3.05) is 32.8 Å². The minimum absolute atomic E-state index is 0.138. The van der Waals surface area contributed by atoms with E-state index in [9.17, 15) is 9.59 Å². The summed E-state index contributed by atoms with van der Waals surface area (Å²) in [5.41, 5.74) is 0.241. The summed E-state index contributed by atoms with van der Waals surface area (Å²) >= 11 is 0. The Bertz CT molecular complexity index is 457. The third-order valence-corrected chi connectivity index (χ3v) is 2.63. The molecule has 104 valence electrons. The van der Waals surface area contributed by atoms with Gasteiger partial charge in [-0.2, -0.15) is 0 Å². The van der Waals surface area contributed by atoms with E-state index < -0.39 is 5.97 Å². The summed E-state index contributed by atoms with van der Waals surface area (Å²) in [5, 5.41) is 21.7. The maximum atomic E-state index is 11.7. The first-order valence-electron chi connectivity index (χ1n) is 5.87. The summed E-state index contributed by atoms with van der Waals surface area (Å²) in [7, 11) is 0. The summed E-state index contributed by atoms with van der Waals surface area (Å²) in [6.07, 6.45) is 1.60. The molecule has 2 rings (SSSR count). The highest BCUT2D eigenvalue weighted by Crippen LogP contribution is 2.09. The molecule has 1 aliphatic heterocycles. The van der Waals surface area contributed by atoms with Gasteiger partial charge in [0.1, 0.15) is 6.61 Å². The van der Waals surface area contributed by atoms with Gasteiger partial charge in [-0.1, -0.05) is 5.21 Å². The number of carboxylic acid groups (broad SMARTS) is 1. The number of ether oxygens (including phenoxy) is 1. The van der Waals surface area contributed by atoms with Crippen molar-refractivity contribution in [3.05, 3.63) is 11.9 Å². The van der Waals surface area contributed by atoms with Gasteiger partial charge in [-0.3, -0.25) is 4.79 Å². The van der Waals surface area contributed by atoms with Crippen LogP contribution in [0.2, 0.25) is 0 Å². The third kappa shape index (κ3) is 3.73. The Balaban J connectivity index is 1.70. The van der Waals surface area contributed by atoms with E-state index in [1.807, 2.05) is 0 Å². The van der Waals surface area contributed by atoms with E-state index in [-0.39, 0.29) is 37.4 Å². The van der Waals surface area contributed by atoms with E-state index >= 15 is 0 Å². The van der Waals surface area contributed by atoms with E-state index in [0.29, 0.717) is 0 Å². The molecule has 0 aliphatic carbocycles. The zero-order valence-corrected chi connectivity index (χ0v) is 10.2. The number of amides is 1. The predicted molar refractivity (Wildman–Crippen MR) is 62.7 cm³/mol. The highest BCUT2D eigenvalue weighted by molar-refractivity contribution is 5.91. The molecule has 0 atom stereocenters. The van der Waals surface area contributed by atoms with E-state index in [4.69, 9.17) is 9.84 Å². The van der Waals surface area contributed by atoms with Gasteiger partial charge < -0.3 is 20.5 Å². The quantitative estimate of drug-likeness (QED) is 0.502. The number of carbonyl (C=O) groups is 2. The molecule has 1 amide bonds.